The van der Waals surface area contributed by atoms with E-state index in [0.717, 1.165) is 4.47 Å². The Labute approximate surface area is 107 Å². The zero-order valence-electron chi connectivity index (χ0n) is 8.72. The first-order valence-electron chi connectivity index (χ1n) is 4.77. The van der Waals surface area contributed by atoms with Crippen LogP contribution in [0.15, 0.2) is 41.1 Å². The summed E-state index contributed by atoms with van der Waals surface area (Å²) in [5, 5.41) is 8.72. The highest BCUT2D eigenvalue weighted by atomic mass is 79.9. The van der Waals surface area contributed by atoms with Crippen LogP contribution in [0, 0.1) is 11.3 Å². The van der Waals surface area contributed by atoms with Crippen molar-refractivity contribution >= 4 is 21.6 Å². The second kappa shape index (κ2) is 4.85. The molecule has 84 valence electrons. The normalized spacial score (nSPS) is 9.65. The van der Waals surface area contributed by atoms with Crippen molar-refractivity contribution in [2.24, 2.45) is 0 Å². The molecule has 0 bridgehead atoms. The minimum atomic E-state index is 0.424. The van der Waals surface area contributed by atoms with Gasteiger partial charge in [0.2, 0.25) is 0 Å². The smallest absolute Gasteiger partial charge is 0.150 e. The minimum absolute atomic E-state index is 0.424. The van der Waals surface area contributed by atoms with Crippen molar-refractivity contribution in [2.45, 2.75) is 0 Å². The third-order valence-electron chi connectivity index (χ3n) is 2.09. The number of aromatic nitrogens is 1. The average Bonchev–Trinajstić information content (AvgIpc) is 2.34. The lowest BCUT2D eigenvalue weighted by Crippen LogP contribution is -1.93. The summed E-state index contributed by atoms with van der Waals surface area (Å²) in [7, 11) is 0. The summed E-state index contributed by atoms with van der Waals surface area (Å²) in [5.41, 5.74) is 6.72. The molecule has 0 aliphatic heterocycles. The van der Waals surface area contributed by atoms with E-state index in [9.17, 15) is 0 Å². The summed E-state index contributed by atoms with van der Waals surface area (Å²) in [6.45, 7) is 0. The van der Waals surface area contributed by atoms with Crippen LogP contribution in [0.25, 0.3) is 0 Å². The van der Waals surface area contributed by atoms with Crippen LogP contribution in [0.3, 0.4) is 0 Å². The van der Waals surface area contributed by atoms with Crippen LogP contribution in [0.2, 0.25) is 0 Å². The van der Waals surface area contributed by atoms with E-state index in [2.05, 4.69) is 20.9 Å². The van der Waals surface area contributed by atoms with Gasteiger partial charge in [-0.05, 0) is 34.1 Å². The molecule has 0 spiro atoms. The molecule has 0 aliphatic rings. The van der Waals surface area contributed by atoms with E-state index in [1.54, 1.807) is 36.7 Å². The molecule has 4 nitrogen and oxygen atoms in total. The Kier molecular flexibility index (Phi) is 3.26. The summed E-state index contributed by atoms with van der Waals surface area (Å²) in [6, 6.07) is 8.63. The number of hydrogen-bond acceptors (Lipinski definition) is 4. The van der Waals surface area contributed by atoms with Gasteiger partial charge in [-0.25, -0.2) is 0 Å². The maximum Gasteiger partial charge on any atom is 0.150 e. The lowest BCUT2D eigenvalue weighted by Gasteiger charge is -2.09. The van der Waals surface area contributed by atoms with Gasteiger partial charge in [0.1, 0.15) is 11.5 Å². The number of benzene rings is 1. The van der Waals surface area contributed by atoms with E-state index in [-0.39, 0.29) is 0 Å². The summed E-state index contributed by atoms with van der Waals surface area (Å²) in [5.74, 6) is 1.13. The van der Waals surface area contributed by atoms with Gasteiger partial charge in [0.05, 0.1) is 21.8 Å². The van der Waals surface area contributed by atoms with E-state index in [1.807, 2.05) is 6.07 Å². The number of halogens is 1. The molecule has 0 fully saturated rings. The maximum absolute atomic E-state index is 8.72. The van der Waals surface area contributed by atoms with E-state index >= 15 is 0 Å². The minimum Gasteiger partial charge on any atom is -0.454 e. The number of nitrogen functional groups attached to an aromatic ring is 1. The predicted octanol–water partition coefficient (Wildman–Crippen LogP) is 3.09. The Bertz CT molecular complexity index is 593. The molecular weight excluding hydrogens is 282 g/mol. The fourth-order valence-electron chi connectivity index (χ4n) is 1.27. The van der Waals surface area contributed by atoms with Crippen LogP contribution in [0.1, 0.15) is 5.56 Å². The number of pyridine rings is 1. The molecule has 1 aromatic carbocycles. The van der Waals surface area contributed by atoms with Crippen LogP contribution in [0.4, 0.5) is 5.69 Å². The average molecular weight is 290 g/mol. The van der Waals surface area contributed by atoms with Crippen molar-refractivity contribution in [3.8, 4) is 17.6 Å². The number of nitriles is 1. The number of hydrogen-bond donors (Lipinski definition) is 1. The van der Waals surface area contributed by atoms with Gasteiger partial charge in [0.25, 0.3) is 0 Å². The second-order valence-electron chi connectivity index (χ2n) is 3.27. The lowest BCUT2D eigenvalue weighted by atomic mass is 10.2. The molecule has 0 unspecified atom stereocenters. The zero-order valence-corrected chi connectivity index (χ0v) is 10.3. The van der Waals surface area contributed by atoms with E-state index in [1.165, 1.54) is 0 Å². The molecule has 2 aromatic rings. The van der Waals surface area contributed by atoms with Crippen molar-refractivity contribution in [3.05, 3.63) is 46.7 Å². The lowest BCUT2D eigenvalue weighted by molar-refractivity contribution is 0.481. The Morgan fingerprint density at radius 2 is 2.12 bits per heavy atom. The zero-order chi connectivity index (χ0) is 12.3. The van der Waals surface area contributed by atoms with Gasteiger partial charge >= 0.3 is 0 Å². The Morgan fingerprint density at radius 3 is 2.76 bits per heavy atom. The Balaban J connectivity index is 2.32. The third kappa shape index (κ3) is 2.55. The number of nitrogens with two attached hydrogens (primary N) is 1. The number of rotatable bonds is 2. The van der Waals surface area contributed by atoms with E-state index in [0.29, 0.717) is 22.7 Å². The van der Waals surface area contributed by atoms with Gasteiger partial charge in [0, 0.05) is 18.5 Å². The fourth-order valence-corrected chi connectivity index (χ4v) is 1.61. The van der Waals surface area contributed by atoms with Gasteiger partial charge in [-0.1, -0.05) is 0 Å². The SMILES string of the molecule is N#Cc1ccc(Oc2ccncc2Br)c(N)c1. The summed E-state index contributed by atoms with van der Waals surface area (Å²) < 4.78 is 6.36. The first kappa shape index (κ1) is 11.4. The molecule has 0 saturated heterocycles. The van der Waals surface area contributed by atoms with Crippen LogP contribution >= 0.6 is 15.9 Å². The quantitative estimate of drug-likeness (QED) is 0.863. The first-order chi connectivity index (χ1) is 8.20. The molecular formula is C12H8BrN3O. The van der Waals surface area contributed by atoms with Crippen LogP contribution in [-0.2, 0) is 0 Å². The topological polar surface area (TPSA) is 71.9 Å². The van der Waals surface area contributed by atoms with Crippen molar-refractivity contribution in [2.75, 3.05) is 5.73 Å². The molecule has 1 aromatic heterocycles. The van der Waals surface area contributed by atoms with E-state index < -0.39 is 0 Å². The van der Waals surface area contributed by atoms with Gasteiger partial charge < -0.3 is 10.5 Å². The highest BCUT2D eigenvalue weighted by Crippen LogP contribution is 2.32. The number of nitrogens with zero attached hydrogens (tertiary/aromatic N) is 2. The largest absolute Gasteiger partial charge is 0.454 e. The van der Waals surface area contributed by atoms with Gasteiger partial charge in [-0.2, -0.15) is 5.26 Å². The highest BCUT2D eigenvalue weighted by Gasteiger charge is 2.06. The number of anilines is 1. The van der Waals surface area contributed by atoms with E-state index in [4.69, 9.17) is 15.7 Å². The summed E-state index contributed by atoms with van der Waals surface area (Å²) in [4.78, 5) is 3.94. The Morgan fingerprint density at radius 1 is 1.29 bits per heavy atom. The molecule has 5 heteroatoms. The molecule has 0 atom stereocenters. The highest BCUT2D eigenvalue weighted by molar-refractivity contribution is 9.10. The third-order valence-corrected chi connectivity index (χ3v) is 2.69. The molecule has 0 saturated carbocycles. The van der Waals surface area contributed by atoms with Crippen LogP contribution < -0.4 is 10.5 Å². The monoisotopic (exact) mass is 289 g/mol. The molecule has 17 heavy (non-hydrogen) atoms. The first-order valence-corrected chi connectivity index (χ1v) is 5.57. The van der Waals surface area contributed by atoms with Crippen molar-refractivity contribution < 1.29 is 4.74 Å². The molecule has 0 amide bonds. The summed E-state index contributed by atoms with van der Waals surface area (Å²) >= 11 is 3.33. The Hall–Kier alpha value is -2.06. The molecule has 0 radical (unpaired) electrons. The fraction of sp³-hybridized carbons (Fsp3) is 0. The second-order valence-corrected chi connectivity index (χ2v) is 4.13. The number of ether oxygens (including phenoxy) is 1. The van der Waals surface area contributed by atoms with Gasteiger partial charge in [-0.15, -0.1) is 0 Å². The summed E-state index contributed by atoms with van der Waals surface area (Å²) in [6.07, 6.45) is 3.26. The molecule has 0 aliphatic carbocycles. The van der Waals surface area contributed by atoms with Gasteiger partial charge in [0.15, 0.2) is 0 Å². The molecule has 2 N–H and O–H groups in total. The van der Waals surface area contributed by atoms with Crippen molar-refractivity contribution in [3.63, 3.8) is 0 Å². The molecule has 2 rings (SSSR count). The van der Waals surface area contributed by atoms with Crippen molar-refractivity contribution in [1.29, 1.82) is 5.26 Å². The van der Waals surface area contributed by atoms with Gasteiger partial charge in [-0.3, -0.25) is 4.98 Å². The van der Waals surface area contributed by atoms with Crippen LogP contribution in [0.5, 0.6) is 11.5 Å². The van der Waals surface area contributed by atoms with Crippen molar-refractivity contribution in [1.82, 2.24) is 4.98 Å². The standard InChI is InChI=1S/C12H8BrN3O/c13-9-7-16-4-3-11(9)17-12-2-1-8(6-14)5-10(12)15/h1-5,7H,15H2. The molecule has 1 heterocycles. The van der Waals surface area contributed by atoms with Crippen LogP contribution in [-0.4, -0.2) is 4.98 Å². The maximum atomic E-state index is 8.72. The predicted molar refractivity (Wildman–Crippen MR) is 67.6 cm³/mol.